The maximum absolute atomic E-state index is 12.8. The van der Waals surface area contributed by atoms with Crippen LogP contribution in [-0.2, 0) is 9.67 Å². The molecule has 16 heavy (non-hydrogen) atoms. The highest BCUT2D eigenvalue weighted by molar-refractivity contribution is 6.39. The van der Waals surface area contributed by atoms with Gasteiger partial charge in [0.15, 0.2) is 0 Å². The molecule has 1 aromatic carbocycles. The van der Waals surface area contributed by atoms with Crippen molar-refractivity contribution in [3.05, 3.63) is 29.3 Å². The third kappa shape index (κ3) is 1.31. The summed E-state index contributed by atoms with van der Waals surface area (Å²) < 4.78 is 38.3. The molecule has 1 N–H and O–H groups in total. The van der Waals surface area contributed by atoms with Gasteiger partial charge in [-0.05, 0) is 18.6 Å². The molecule has 2 nitrogen and oxygen atoms in total. The Hall–Kier alpha value is -1.23. The first-order valence-electron chi connectivity index (χ1n) is 4.45. The molecule has 0 saturated heterocycles. The van der Waals surface area contributed by atoms with E-state index in [4.69, 9.17) is 11.6 Å². The van der Waals surface area contributed by atoms with Crippen molar-refractivity contribution in [2.45, 2.75) is 18.0 Å². The molecule has 0 aliphatic carbocycles. The van der Waals surface area contributed by atoms with Crippen LogP contribution < -0.4 is 5.32 Å². The van der Waals surface area contributed by atoms with E-state index in [9.17, 15) is 18.0 Å². The molecule has 1 aliphatic heterocycles. The van der Waals surface area contributed by atoms with Crippen LogP contribution in [0.5, 0.6) is 0 Å². The van der Waals surface area contributed by atoms with Gasteiger partial charge in [-0.1, -0.05) is 23.7 Å². The summed E-state index contributed by atoms with van der Waals surface area (Å²) in [5.74, 6) is -1.25. The van der Waals surface area contributed by atoms with E-state index in [0.29, 0.717) is 0 Å². The summed E-state index contributed by atoms with van der Waals surface area (Å²) in [4.78, 5) is 8.39. The third-order valence-electron chi connectivity index (χ3n) is 2.50. The number of carbonyl (C=O) groups excluding carboxylic acids is 1. The molecule has 0 saturated carbocycles. The SMILES string of the molecule is Cc1ccc2c(c1)NC(=O)[C@@]2(Cl)C(F)(F)F. The van der Waals surface area contributed by atoms with E-state index in [-0.39, 0.29) is 11.3 Å². The van der Waals surface area contributed by atoms with Crippen LogP contribution in [0.15, 0.2) is 18.2 Å². The van der Waals surface area contributed by atoms with E-state index in [0.717, 1.165) is 5.56 Å². The van der Waals surface area contributed by atoms with Crippen molar-refractivity contribution in [3.8, 4) is 0 Å². The molecule has 0 radical (unpaired) electrons. The maximum Gasteiger partial charge on any atom is 0.420 e. The average molecular weight is 250 g/mol. The Morgan fingerprint density at radius 2 is 2.00 bits per heavy atom. The van der Waals surface area contributed by atoms with E-state index in [1.165, 1.54) is 18.2 Å². The smallest absolute Gasteiger partial charge is 0.324 e. The first kappa shape index (κ1) is 11.3. The molecule has 0 fully saturated rings. The number of hydrogen-bond acceptors (Lipinski definition) is 1. The second-order valence-electron chi connectivity index (χ2n) is 3.66. The molecule has 1 amide bonds. The van der Waals surface area contributed by atoms with Gasteiger partial charge in [-0.15, -0.1) is 0 Å². The zero-order valence-electron chi connectivity index (χ0n) is 8.15. The van der Waals surface area contributed by atoms with E-state index in [1.54, 1.807) is 6.92 Å². The molecule has 1 heterocycles. The summed E-state index contributed by atoms with van der Waals surface area (Å²) in [6.45, 7) is 1.72. The highest BCUT2D eigenvalue weighted by Gasteiger charge is 2.64. The van der Waals surface area contributed by atoms with E-state index < -0.39 is 17.0 Å². The fraction of sp³-hybridized carbons (Fsp3) is 0.300. The van der Waals surface area contributed by atoms with Gasteiger partial charge in [-0.2, -0.15) is 13.2 Å². The predicted octanol–water partition coefficient (Wildman–Crippen LogP) is 2.94. The summed E-state index contributed by atoms with van der Waals surface area (Å²) in [6.07, 6.45) is -4.82. The lowest BCUT2D eigenvalue weighted by Crippen LogP contribution is -2.43. The molecule has 1 aliphatic rings. The predicted molar refractivity (Wildman–Crippen MR) is 53.4 cm³/mol. The fourth-order valence-electron chi connectivity index (χ4n) is 1.67. The Morgan fingerprint density at radius 1 is 1.38 bits per heavy atom. The van der Waals surface area contributed by atoms with Crippen LogP contribution >= 0.6 is 11.6 Å². The third-order valence-corrected chi connectivity index (χ3v) is 3.09. The van der Waals surface area contributed by atoms with Crippen molar-refractivity contribution in [2.75, 3.05) is 5.32 Å². The topological polar surface area (TPSA) is 29.1 Å². The minimum Gasteiger partial charge on any atom is -0.324 e. The standard InChI is InChI=1S/C10H7ClF3NO/c1-5-2-3-6-7(4-5)15-8(16)9(6,11)10(12,13)14/h2-4H,1H3,(H,15,16)/t9-/m1/s1. The average Bonchev–Trinajstić information content (AvgIpc) is 2.38. The highest BCUT2D eigenvalue weighted by atomic mass is 35.5. The minimum atomic E-state index is -4.82. The number of rotatable bonds is 0. The zero-order chi connectivity index (χ0) is 12.1. The van der Waals surface area contributed by atoms with Crippen molar-refractivity contribution in [1.82, 2.24) is 0 Å². The largest absolute Gasteiger partial charge is 0.420 e. The van der Waals surface area contributed by atoms with Gasteiger partial charge in [0.1, 0.15) is 0 Å². The number of carbonyl (C=O) groups is 1. The normalized spacial score (nSPS) is 24.2. The molecule has 0 unspecified atom stereocenters. The van der Waals surface area contributed by atoms with Crippen molar-refractivity contribution >= 4 is 23.2 Å². The second kappa shape index (κ2) is 3.13. The van der Waals surface area contributed by atoms with E-state index in [1.807, 2.05) is 0 Å². The van der Waals surface area contributed by atoms with Crippen LogP contribution in [0.4, 0.5) is 18.9 Å². The van der Waals surface area contributed by atoms with Gasteiger partial charge in [0.05, 0.1) is 0 Å². The lowest BCUT2D eigenvalue weighted by Gasteiger charge is -2.22. The number of hydrogen-bond donors (Lipinski definition) is 1. The van der Waals surface area contributed by atoms with Gasteiger partial charge in [0.2, 0.25) is 4.87 Å². The van der Waals surface area contributed by atoms with E-state index in [2.05, 4.69) is 5.32 Å². The van der Waals surface area contributed by atoms with E-state index >= 15 is 0 Å². The number of fused-ring (bicyclic) bond motifs is 1. The molecule has 86 valence electrons. The van der Waals surface area contributed by atoms with Gasteiger partial charge in [-0.3, -0.25) is 4.79 Å². The molecule has 2 rings (SSSR count). The fourth-order valence-corrected chi connectivity index (χ4v) is 1.89. The Bertz CT molecular complexity index is 472. The van der Waals surface area contributed by atoms with Gasteiger partial charge in [0, 0.05) is 11.3 Å². The lowest BCUT2D eigenvalue weighted by atomic mass is 9.98. The molecule has 0 spiro atoms. The Labute approximate surface area is 94.4 Å². The van der Waals surface area contributed by atoms with Gasteiger partial charge >= 0.3 is 6.18 Å². The molecular weight excluding hydrogens is 243 g/mol. The molecule has 1 atom stereocenters. The van der Waals surface area contributed by atoms with Crippen molar-refractivity contribution < 1.29 is 18.0 Å². The number of amides is 1. The van der Waals surface area contributed by atoms with Crippen LogP contribution in [0.25, 0.3) is 0 Å². The van der Waals surface area contributed by atoms with Crippen molar-refractivity contribution in [1.29, 1.82) is 0 Å². The monoisotopic (exact) mass is 249 g/mol. The van der Waals surface area contributed by atoms with Crippen LogP contribution in [0.3, 0.4) is 0 Å². The van der Waals surface area contributed by atoms with Gasteiger partial charge in [-0.25, -0.2) is 0 Å². The molecule has 0 aromatic heterocycles. The number of halogens is 4. The van der Waals surface area contributed by atoms with Crippen molar-refractivity contribution in [2.24, 2.45) is 0 Å². The quantitative estimate of drug-likeness (QED) is 0.704. The summed E-state index contributed by atoms with van der Waals surface area (Å²) in [7, 11) is 0. The number of alkyl halides is 4. The lowest BCUT2D eigenvalue weighted by molar-refractivity contribution is -0.170. The van der Waals surface area contributed by atoms with Gasteiger partial charge in [0.25, 0.3) is 5.91 Å². The van der Waals surface area contributed by atoms with Crippen LogP contribution in [-0.4, -0.2) is 12.1 Å². The summed E-state index contributed by atoms with van der Waals surface area (Å²) in [5.41, 5.74) is 0.636. The minimum absolute atomic E-state index is 0.123. The number of anilines is 1. The first-order chi connectivity index (χ1) is 7.26. The zero-order valence-corrected chi connectivity index (χ0v) is 8.91. The molecule has 6 heteroatoms. The molecule has 0 bridgehead atoms. The maximum atomic E-state index is 12.8. The Balaban J connectivity index is 2.65. The summed E-state index contributed by atoms with van der Waals surface area (Å²) >= 11 is 5.44. The number of nitrogens with one attached hydrogen (secondary N) is 1. The molecular formula is C10H7ClF3NO. The van der Waals surface area contributed by atoms with Crippen LogP contribution in [0.2, 0.25) is 0 Å². The molecule has 1 aromatic rings. The first-order valence-corrected chi connectivity index (χ1v) is 4.83. The Kier molecular flexibility index (Phi) is 2.21. The summed E-state index contributed by atoms with van der Waals surface area (Å²) in [6, 6.07) is 4.17. The number of benzene rings is 1. The number of aryl methyl sites for hydroxylation is 1. The summed E-state index contributed by atoms with van der Waals surface area (Å²) in [5, 5.41) is 2.14. The highest BCUT2D eigenvalue weighted by Crippen LogP contribution is 2.51. The second-order valence-corrected chi connectivity index (χ2v) is 4.23. The van der Waals surface area contributed by atoms with Crippen molar-refractivity contribution in [3.63, 3.8) is 0 Å². The Morgan fingerprint density at radius 3 is 2.56 bits per heavy atom. The van der Waals surface area contributed by atoms with Gasteiger partial charge < -0.3 is 5.32 Å². The van der Waals surface area contributed by atoms with Crippen LogP contribution in [0, 0.1) is 6.92 Å². The van der Waals surface area contributed by atoms with Crippen LogP contribution in [0.1, 0.15) is 11.1 Å².